The minimum absolute atomic E-state index is 0.0510. The van der Waals surface area contributed by atoms with E-state index in [9.17, 15) is 24.3 Å². The van der Waals surface area contributed by atoms with Crippen molar-refractivity contribution in [3.8, 4) is 28.4 Å². The van der Waals surface area contributed by atoms with Crippen molar-refractivity contribution in [1.82, 2.24) is 9.13 Å². The van der Waals surface area contributed by atoms with Crippen molar-refractivity contribution >= 4 is 21.5 Å². The second kappa shape index (κ2) is 9.63. The van der Waals surface area contributed by atoms with Gasteiger partial charge in [-0.2, -0.15) is 0 Å². The number of hydrogen-bond donors (Lipinski definition) is 1. The maximum absolute atomic E-state index is 13.8. The van der Waals surface area contributed by atoms with E-state index in [4.69, 9.17) is 0 Å². The molecule has 0 spiro atoms. The lowest BCUT2D eigenvalue weighted by Gasteiger charge is -2.19. The summed E-state index contributed by atoms with van der Waals surface area (Å²) < 4.78 is 2.24. The monoisotopic (exact) mass is 570 g/mol. The van der Waals surface area contributed by atoms with Gasteiger partial charge in [0.05, 0.1) is 22.3 Å². The molecule has 214 valence electrons. The van der Waals surface area contributed by atoms with Gasteiger partial charge in [0.1, 0.15) is 0 Å². The smallest absolute Gasteiger partial charge is 0.266 e. The Morgan fingerprint density at radius 1 is 0.558 bits per heavy atom. The highest BCUT2D eigenvalue weighted by Gasteiger charge is 2.28. The Hall–Kier alpha value is -4.78. The molecule has 8 rings (SSSR count). The Morgan fingerprint density at radius 3 is 1.60 bits per heavy atom. The van der Waals surface area contributed by atoms with Crippen molar-refractivity contribution in [1.29, 1.82) is 0 Å². The van der Waals surface area contributed by atoms with Gasteiger partial charge in [0.25, 0.3) is 16.7 Å². The van der Waals surface area contributed by atoms with Gasteiger partial charge in [-0.3, -0.25) is 19.2 Å². The zero-order valence-corrected chi connectivity index (χ0v) is 23.6. The highest BCUT2D eigenvalue weighted by atomic mass is 16.3. The second-order valence-corrected chi connectivity index (χ2v) is 12.3. The highest BCUT2D eigenvalue weighted by Crippen LogP contribution is 2.38. The first-order valence-electron chi connectivity index (χ1n) is 15.2. The van der Waals surface area contributed by atoms with Crippen LogP contribution in [0.2, 0.25) is 0 Å². The summed E-state index contributed by atoms with van der Waals surface area (Å²) in [7, 11) is 0. The van der Waals surface area contributed by atoms with Crippen molar-refractivity contribution < 1.29 is 5.11 Å². The summed E-state index contributed by atoms with van der Waals surface area (Å²) in [6.07, 6.45) is 9.38. The molecule has 2 saturated carbocycles. The summed E-state index contributed by atoms with van der Waals surface area (Å²) in [5.74, 6) is 0.492. The van der Waals surface area contributed by atoms with E-state index in [1.165, 1.54) is 48.9 Å². The lowest BCUT2D eigenvalue weighted by atomic mass is 9.90. The van der Waals surface area contributed by atoms with Crippen molar-refractivity contribution in [2.45, 2.75) is 63.2 Å². The van der Waals surface area contributed by atoms with E-state index >= 15 is 0 Å². The molecule has 43 heavy (non-hydrogen) atoms. The molecule has 4 aliphatic rings. The molecule has 7 heteroatoms. The van der Waals surface area contributed by atoms with E-state index in [1.807, 2.05) is 24.3 Å². The first-order valence-corrected chi connectivity index (χ1v) is 15.2. The fourth-order valence-electron chi connectivity index (χ4n) is 7.73. The largest absolute Gasteiger partial charge is 0.494 e. The Labute approximate surface area is 246 Å². The molecule has 1 aliphatic heterocycles. The van der Waals surface area contributed by atoms with E-state index in [1.54, 1.807) is 30.3 Å². The predicted octanol–water partition coefficient (Wildman–Crippen LogP) is 6.02. The molecule has 4 aromatic rings. The summed E-state index contributed by atoms with van der Waals surface area (Å²) in [4.78, 5) is 55.1. The number of nitrogens with zero attached hydrogens (tertiary/aromatic N) is 2. The summed E-state index contributed by atoms with van der Waals surface area (Å²) >= 11 is 0. The third-order valence-corrected chi connectivity index (χ3v) is 9.94. The van der Waals surface area contributed by atoms with Crippen molar-refractivity contribution in [2.75, 3.05) is 0 Å². The average Bonchev–Trinajstić information content (AvgIpc) is 3.76. The molecule has 3 aliphatic carbocycles. The Bertz CT molecular complexity index is 2220. The van der Waals surface area contributed by atoms with Crippen LogP contribution in [0.5, 0.6) is 5.88 Å². The van der Waals surface area contributed by atoms with Crippen LogP contribution in [0, 0.1) is 0 Å². The van der Waals surface area contributed by atoms with Crippen LogP contribution in [0.4, 0.5) is 0 Å². The highest BCUT2D eigenvalue weighted by molar-refractivity contribution is 6.15. The van der Waals surface area contributed by atoms with Crippen LogP contribution in [0.15, 0.2) is 85.9 Å². The third-order valence-electron chi connectivity index (χ3n) is 9.94. The zero-order valence-electron chi connectivity index (χ0n) is 23.6. The van der Waals surface area contributed by atoms with E-state index < -0.39 is 28.0 Å². The summed E-state index contributed by atoms with van der Waals surface area (Å²) in [5, 5.41) is 11.9. The van der Waals surface area contributed by atoms with E-state index in [0.717, 1.165) is 34.8 Å². The van der Waals surface area contributed by atoms with Crippen molar-refractivity contribution in [3.05, 3.63) is 119 Å². The Morgan fingerprint density at radius 2 is 1.05 bits per heavy atom. The molecular weight excluding hydrogens is 540 g/mol. The van der Waals surface area contributed by atoms with E-state index in [2.05, 4.69) is 0 Å². The lowest BCUT2D eigenvalue weighted by molar-refractivity contribution is 0.443. The number of aromatic hydroxyl groups is 1. The molecule has 3 aromatic carbocycles. The van der Waals surface area contributed by atoms with Crippen LogP contribution in [-0.2, 0) is 0 Å². The van der Waals surface area contributed by atoms with Crippen LogP contribution in [0.1, 0.15) is 74.3 Å². The van der Waals surface area contributed by atoms with Crippen LogP contribution >= 0.6 is 0 Å². The average molecular weight is 571 g/mol. The molecule has 0 saturated heterocycles. The van der Waals surface area contributed by atoms with Gasteiger partial charge in [-0.05, 0) is 91.1 Å². The predicted molar refractivity (Wildman–Crippen MR) is 168 cm³/mol. The van der Waals surface area contributed by atoms with Gasteiger partial charge >= 0.3 is 0 Å². The van der Waals surface area contributed by atoms with Gasteiger partial charge in [-0.25, -0.2) is 9.13 Å². The third kappa shape index (κ3) is 3.80. The molecule has 0 amide bonds. The standard InChI is InChI=1S/C36H30N2O5/c39-29-19-28-30-26(33(40)37(35(28)42)24-13-9-22(10-14-24)20-5-1-2-6-20)17-18-27-31(30)32(29)36(43)38(34(27)41)25-15-11-23(12-16-25)21-7-3-4-8-21/h9-21,43H,1-8H2. The van der Waals surface area contributed by atoms with Crippen LogP contribution in [-0.4, -0.2) is 14.2 Å². The lowest BCUT2D eigenvalue weighted by Crippen LogP contribution is -2.35. The molecule has 0 radical (unpaired) electrons. The molecule has 1 N–H and O–H groups in total. The molecule has 7 nitrogen and oxygen atoms in total. The van der Waals surface area contributed by atoms with Crippen LogP contribution < -0.4 is 22.1 Å². The normalized spacial score (nSPS) is 16.4. The molecule has 0 bridgehead atoms. The molecule has 2 fully saturated rings. The van der Waals surface area contributed by atoms with Crippen molar-refractivity contribution in [2.24, 2.45) is 0 Å². The minimum Gasteiger partial charge on any atom is -0.494 e. The van der Waals surface area contributed by atoms with Crippen molar-refractivity contribution in [3.63, 3.8) is 0 Å². The quantitative estimate of drug-likeness (QED) is 0.262. The number of aromatic nitrogens is 2. The summed E-state index contributed by atoms with van der Waals surface area (Å²) in [6, 6.07) is 19.3. The number of benzene rings is 4. The summed E-state index contributed by atoms with van der Waals surface area (Å²) in [5.41, 5.74) is 1.30. The zero-order chi connectivity index (χ0) is 29.4. The number of hydrogen-bond acceptors (Lipinski definition) is 5. The number of rotatable bonds is 4. The molecule has 2 heterocycles. The first-order chi connectivity index (χ1) is 20.9. The van der Waals surface area contributed by atoms with E-state index in [-0.39, 0.29) is 32.7 Å². The van der Waals surface area contributed by atoms with E-state index in [0.29, 0.717) is 23.2 Å². The fraction of sp³-hybridized carbons (Fsp3) is 0.278. The van der Waals surface area contributed by atoms with Gasteiger partial charge in [-0.1, -0.05) is 49.9 Å². The van der Waals surface area contributed by atoms with Gasteiger partial charge < -0.3 is 5.11 Å². The maximum atomic E-state index is 13.8. The first kappa shape index (κ1) is 25.9. The Kier molecular flexibility index (Phi) is 5.80. The van der Waals surface area contributed by atoms with Gasteiger partial charge in [0.15, 0.2) is 5.43 Å². The second-order valence-electron chi connectivity index (χ2n) is 12.3. The number of pyridine rings is 2. The Balaban J connectivity index is 1.33. The van der Waals surface area contributed by atoms with Crippen LogP contribution in [0.25, 0.3) is 44.0 Å². The topological polar surface area (TPSA) is 98.4 Å². The maximum Gasteiger partial charge on any atom is 0.266 e. The summed E-state index contributed by atoms with van der Waals surface area (Å²) in [6.45, 7) is 0. The van der Waals surface area contributed by atoms with Gasteiger partial charge in [0, 0.05) is 21.7 Å². The molecule has 0 unspecified atom stereocenters. The van der Waals surface area contributed by atoms with Crippen LogP contribution in [0.3, 0.4) is 0 Å². The fourth-order valence-corrected chi connectivity index (χ4v) is 7.73. The SMILES string of the molecule is O=c1cc2c(=O)n(-c3ccc(C4CCCC4)cc3)c(=O)c3ccc4c(=O)n(-c5ccc(C6CCCC6)cc5)c(O)c1c4c3-2. The van der Waals surface area contributed by atoms with Gasteiger partial charge in [0.2, 0.25) is 5.88 Å². The molecule has 1 aromatic heterocycles. The molecular formula is C36H30N2O5. The minimum atomic E-state index is -0.621. The van der Waals surface area contributed by atoms with Gasteiger partial charge in [-0.15, -0.1) is 0 Å². The molecule has 0 atom stereocenters.